The highest BCUT2D eigenvalue weighted by atomic mass is 35.5. The summed E-state index contributed by atoms with van der Waals surface area (Å²) < 4.78 is 0. The number of hydrogen-bond donors (Lipinski definition) is 1. The smallest absolute Gasteiger partial charge is 0.0636 e. The standard InChI is InChI=1S/C7H7Cl2NO/c1-11-10-5-2-3-6(8)7(9)4-5/h2-4,10H,1H3. The Kier molecular flexibility index (Phi) is 3.00. The highest BCUT2D eigenvalue weighted by Gasteiger charge is 1.97. The zero-order valence-corrected chi connectivity index (χ0v) is 7.41. The lowest BCUT2D eigenvalue weighted by Crippen LogP contribution is -1.94. The lowest BCUT2D eigenvalue weighted by Gasteiger charge is -2.02. The van der Waals surface area contributed by atoms with Gasteiger partial charge in [0.15, 0.2) is 0 Å². The molecule has 0 bridgehead atoms. The van der Waals surface area contributed by atoms with E-state index in [1.165, 1.54) is 7.11 Å². The second-order valence-corrected chi connectivity index (χ2v) is 2.75. The maximum atomic E-state index is 5.72. The average Bonchev–Trinajstić information content (AvgIpc) is 1.98. The van der Waals surface area contributed by atoms with Gasteiger partial charge in [0.05, 0.1) is 22.8 Å². The summed E-state index contributed by atoms with van der Waals surface area (Å²) in [5.41, 5.74) is 3.41. The molecule has 1 rings (SSSR count). The molecule has 1 aromatic rings. The summed E-state index contributed by atoms with van der Waals surface area (Å²) in [7, 11) is 1.53. The molecule has 0 unspecified atom stereocenters. The van der Waals surface area contributed by atoms with Crippen LogP contribution < -0.4 is 5.48 Å². The molecule has 0 saturated carbocycles. The molecule has 0 spiro atoms. The summed E-state index contributed by atoms with van der Waals surface area (Å²) in [4.78, 5) is 4.67. The van der Waals surface area contributed by atoms with Crippen LogP contribution in [-0.4, -0.2) is 7.11 Å². The summed E-state index contributed by atoms with van der Waals surface area (Å²) in [6.45, 7) is 0. The quantitative estimate of drug-likeness (QED) is 0.727. The van der Waals surface area contributed by atoms with Gasteiger partial charge < -0.3 is 0 Å². The first-order valence-corrected chi connectivity index (χ1v) is 3.73. The van der Waals surface area contributed by atoms with E-state index in [1.54, 1.807) is 18.2 Å². The molecule has 0 aromatic heterocycles. The first-order valence-electron chi connectivity index (χ1n) is 2.98. The van der Waals surface area contributed by atoms with E-state index in [9.17, 15) is 0 Å². The Morgan fingerprint density at radius 3 is 2.55 bits per heavy atom. The maximum absolute atomic E-state index is 5.72. The predicted octanol–water partition coefficient (Wildman–Crippen LogP) is 2.97. The van der Waals surface area contributed by atoms with Crippen LogP contribution in [0.25, 0.3) is 0 Å². The number of benzene rings is 1. The molecule has 1 aromatic carbocycles. The van der Waals surface area contributed by atoms with Crippen LogP contribution in [0.15, 0.2) is 18.2 Å². The molecule has 1 N–H and O–H groups in total. The zero-order valence-electron chi connectivity index (χ0n) is 5.90. The summed E-state index contributed by atoms with van der Waals surface area (Å²) in [6.07, 6.45) is 0. The van der Waals surface area contributed by atoms with Gasteiger partial charge in [0, 0.05) is 0 Å². The van der Waals surface area contributed by atoms with E-state index in [0.717, 1.165) is 5.69 Å². The molecule has 11 heavy (non-hydrogen) atoms. The molecular weight excluding hydrogens is 185 g/mol. The van der Waals surface area contributed by atoms with Crippen LogP contribution in [0.4, 0.5) is 5.69 Å². The first-order chi connectivity index (χ1) is 5.24. The Labute approximate surface area is 75.0 Å². The minimum atomic E-state index is 0.508. The highest BCUT2D eigenvalue weighted by molar-refractivity contribution is 6.42. The van der Waals surface area contributed by atoms with Crippen LogP contribution in [-0.2, 0) is 4.84 Å². The molecule has 0 aliphatic heterocycles. The van der Waals surface area contributed by atoms with E-state index in [2.05, 4.69) is 10.3 Å². The molecule has 60 valence electrons. The van der Waals surface area contributed by atoms with Gasteiger partial charge in [0.25, 0.3) is 0 Å². The van der Waals surface area contributed by atoms with Crippen LogP contribution in [0.3, 0.4) is 0 Å². The van der Waals surface area contributed by atoms with E-state index in [1.807, 2.05) is 0 Å². The Hall–Kier alpha value is -0.440. The Balaban J connectivity index is 2.86. The molecule has 0 aliphatic carbocycles. The van der Waals surface area contributed by atoms with Gasteiger partial charge in [-0.3, -0.25) is 10.3 Å². The van der Waals surface area contributed by atoms with Crippen molar-refractivity contribution < 1.29 is 4.84 Å². The molecule has 0 atom stereocenters. The van der Waals surface area contributed by atoms with Crippen molar-refractivity contribution in [3.8, 4) is 0 Å². The van der Waals surface area contributed by atoms with Crippen molar-refractivity contribution in [3.63, 3.8) is 0 Å². The van der Waals surface area contributed by atoms with Gasteiger partial charge in [0.2, 0.25) is 0 Å². The lowest BCUT2D eigenvalue weighted by molar-refractivity contribution is 0.271. The largest absolute Gasteiger partial charge is 0.279 e. The third kappa shape index (κ3) is 2.26. The monoisotopic (exact) mass is 191 g/mol. The topological polar surface area (TPSA) is 21.3 Å². The number of hydrogen-bond acceptors (Lipinski definition) is 2. The van der Waals surface area contributed by atoms with Crippen molar-refractivity contribution in [2.45, 2.75) is 0 Å². The highest BCUT2D eigenvalue weighted by Crippen LogP contribution is 2.24. The Morgan fingerprint density at radius 1 is 1.27 bits per heavy atom. The molecular formula is C7H7Cl2NO. The van der Waals surface area contributed by atoms with Gasteiger partial charge in [-0.25, -0.2) is 0 Å². The number of rotatable bonds is 2. The fourth-order valence-electron chi connectivity index (χ4n) is 0.677. The fraction of sp³-hybridized carbons (Fsp3) is 0.143. The molecule has 0 fully saturated rings. The normalized spacial score (nSPS) is 9.73. The molecule has 4 heteroatoms. The lowest BCUT2D eigenvalue weighted by atomic mass is 10.3. The van der Waals surface area contributed by atoms with Crippen LogP contribution in [0, 0.1) is 0 Å². The molecule has 0 amide bonds. The van der Waals surface area contributed by atoms with Crippen molar-refractivity contribution in [3.05, 3.63) is 28.2 Å². The van der Waals surface area contributed by atoms with E-state index < -0.39 is 0 Å². The van der Waals surface area contributed by atoms with E-state index in [-0.39, 0.29) is 0 Å². The first kappa shape index (κ1) is 8.65. The third-order valence-electron chi connectivity index (χ3n) is 1.14. The zero-order chi connectivity index (χ0) is 8.27. The Bertz CT molecular complexity index is 252. The summed E-state index contributed by atoms with van der Waals surface area (Å²) in [6, 6.07) is 5.16. The van der Waals surface area contributed by atoms with Gasteiger partial charge in [-0.2, -0.15) is 0 Å². The van der Waals surface area contributed by atoms with E-state index >= 15 is 0 Å². The van der Waals surface area contributed by atoms with Gasteiger partial charge in [-0.05, 0) is 18.2 Å². The van der Waals surface area contributed by atoms with Crippen LogP contribution in [0.1, 0.15) is 0 Å². The average molecular weight is 192 g/mol. The second kappa shape index (κ2) is 3.81. The molecule has 0 heterocycles. The van der Waals surface area contributed by atoms with E-state index in [0.29, 0.717) is 10.0 Å². The molecule has 2 nitrogen and oxygen atoms in total. The summed E-state index contributed by atoms with van der Waals surface area (Å²) in [5, 5.41) is 1.04. The summed E-state index contributed by atoms with van der Waals surface area (Å²) in [5.74, 6) is 0. The minimum absolute atomic E-state index is 0.508. The van der Waals surface area contributed by atoms with Gasteiger partial charge in [-0.1, -0.05) is 23.2 Å². The van der Waals surface area contributed by atoms with Gasteiger partial charge >= 0.3 is 0 Å². The molecule has 0 aliphatic rings. The summed E-state index contributed by atoms with van der Waals surface area (Å²) >= 11 is 11.4. The van der Waals surface area contributed by atoms with Crippen molar-refractivity contribution in [2.75, 3.05) is 12.6 Å². The number of halogens is 2. The maximum Gasteiger partial charge on any atom is 0.0636 e. The van der Waals surface area contributed by atoms with Crippen molar-refractivity contribution in [2.24, 2.45) is 0 Å². The Morgan fingerprint density at radius 2 is 2.00 bits per heavy atom. The molecule has 0 saturated heterocycles. The number of nitrogens with one attached hydrogen (secondary N) is 1. The minimum Gasteiger partial charge on any atom is -0.279 e. The van der Waals surface area contributed by atoms with Crippen molar-refractivity contribution in [1.29, 1.82) is 0 Å². The SMILES string of the molecule is CONc1ccc(Cl)c(Cl)c1. The van der Waals surface area contributed by atoms with Crippen LogP contribution in [0.5, 0.6) is 0 Å². The van der Waals surface area contributed by atoms with Crippen molar-refractivity contribution in [1.82, 2.24) is 0 Å². The number of anilines is 1. The van der Waals surface area contributed by atoms with Gasteiger partial charge in [0.1, 0.15) is 0 Å². The second-order valence-electron chi connectivity index (χ2n) is 1.94. The predicted molar refractivity (Wildman–Crippen MR) is 47.1 cm³/mol. The van der Waals surface area contributed by atoms with Crippen LogP contribution >= 0.6 is 23.2 Å². The van der Waals surface area contributed by atoms with Gasteiger partial charge in [-0.15, -0.1) is 0 Å². The third-order valence-corrected chi connectivity index (χ3v) is 1.88. The molecule has 0 radical (unpaired) electrons. The van der Waals surface area contributed by atoms with E-state index in [4.69, 9.17) is 23.2 Å². The fourth-order valence-corrected chi connectivity index (χ4v) is 0.976. The van der Waals surface area contributed by atoms with Crippen molar-refractivity contribution >= 4 is 28.9 Å². The van der Waals surface area contributed by atoms with Crippen LogP contribution in [0.2, 0.25) is 10.0 Å².